The number of carbonyl (C=O) groups excluding carboxylic acids is 2. The number of carbonyl (C=O) groups is 2. The monoisotopic (exact) mass is 419 g/mol. The van der Waals surface area contributed by atoms with Crippen molar-refractivity contribution < 1.29 is 45.4 Å². The molecule has 1 N–H and O–H groups in total. The lowest BCUT2D eigenvalue weighted by molar-refractivity contribution is -0.143. The number of amides is 1. The number of nitrogens with one attached hydrogen (secondary N) is 1. The maximum Gasteiger partial charge on any atom is 0.416 e. The van der Waals surface area contributed by atoms with E-state index >= 15 is 0 Å². The molecule has 0 saturated heterocycles. The molecule has 1 amide bonds. The molecular weight excluding hydrogens is 408 g/mol. The van der Waals surface area contributed by atoms with Crippen LogP contribution < -0.4 is 14.8 Å². The van der Waals surface area contributed by atoms with Crippen LogP contribution in [0.15, 0.2) is 30.3 Å². The SMILES string of the molecule is CC(=O)c1cc2c(cc1NC(=O)c1cc(C(F)(F)F)cc(C(F)(F)F)c1)OCO2. The van der Waals surface area contributed by atoms with Crippen molar-refractivity contribution in [2.75, 3.05) is 12.1 Å². The highest BCUT2D eigenvalue weighted by molar-refractivity contribution is 6.09. The Hall–Kier alpha value is -3.24. The normalized spacial score (nSPS) is 13.3. The molecule has 0 aliphatic carbocycles. The predicted octanol–water partition coefficient (Wildman–Crippen LogP) is 4.91. The fourth-order valence-corrected chi connectivity index (χ4v) is 2.62. The van der Waals surface area contributed by atoms with Gasteiger partial charge in [0.2, 0.25) is 6.79 Å². The quantitative estimate of drug-likeness (QED) is 0.568. The molecule has 3 rings (SSSR count). The summed E-state index contributed by atoms with van der Waals surface area (Å²) in [5, 5.41) is 2.17. The van der Waals surface area contributed by atoms with Gasteiger partial charge in [0.05, 0.1) is 16.8 Å². The summed E-state index contributed by atoms with van der Waals surface area (Å²) in [4.78, 5) is 24.2. The van der Waals surface area contributed by atoms with Crippen molar-refractivity contribution in [3.8, 4) is 11.5 Å². The minimum Gasteiger partial charge on any atom is -0.454 e. The highest BCUT2D eigenvalue weighted by Gasteiger charge is 2.37. The first-order valence-electron chi connectivity index (χ1n) is 7.91. The molecule has 0 unspecified atom stereocenters. The molecular formula is C18H11F6NO4. The molecule has 1 heterocycles. The Morgan fingerprint density at radius 2 is 1.38 bits per heavy atom. The maximum atomic E-state index is 13.0. The minimum atomic E-state index is -5.10. The van der Waals surface area contributed by atoms with Crippen LogP contribution in [0.3, 0.4) is 0 Å². The molecule has 0 saturated carbocycles. The summed E-state index contributed by atoms with van der Waals surface area (Å²) in [5.74, 6) is -1.40. The fraction of sp³-hybridized carbons (Fsp3) is 0.222. The third-order valence-electron chi connectivity index (χ3n) is 3.99. The Balaban J connectivity index is 2.03. The van der Waals surface area contributed by atoms with Crippen LogP contribution in [0.5, 0.6) is 11.5 Å². The third-order valence-corrected chi connectivity index (χ3v) is 3.99. The zero-order valence-electron chi connectivity index (χ0n) is 14.5. The lowest BCUT2D eigenvalue weighted by atomic mass is 10.0. The van der Waals surface area contributed by atoms with E-state index in [1.165, 1.54) is 19.1 Å². The van der Waals surface area contributed by atoms with E-state index in [-0.39, 0.29) is 35.6 Å². The van der Waals surface area contributed by atoms with Crippen molar-refractivity contribution in [1.29, 1.82) is 0 Å². The highest BCUT2D eigenvalue weighted by Crippen LogP contribution is 2.39. The van der Waals surface area contributed by atoms with Crippen molar-refractivity contribution in [3.63, 3.8) is 0 Å². The second kappa shape index (κ2) is 6.98. The maximum absolute atomic E-state index is 13.0. The van der Waals surface area contributed by atoms with Crippen LogP contribution in [0.25, 0.3) is 0 Å². The number of rotatable bonds is 3. The molecule has 2 aromatic carbocycles. The number of halogens is 6. The van der Waals surface area contributed by atoms with E-state index in [0.29, 0.717) is 12.1 Å². The van der Waals surface area contributed by atoms with Crippen molar-refractivity contribution in [3.05, 3.63) is 52.6 Å². The Kier molecular flexibility index (Phi) is 4.93. The van der Waals surface area contributed by atoms with Crippen molar-refractivity contribution in [2.24, 2.45) is 0 Å². The summed E-state index contributed by atoms with van der Waals surface area (Å²) in [6.07, 6.45) is -10.2. The predicted molar refractivity (Wildman–Crippen MR) is 87.0 cm³/mol. The summed E-state index contributed by atoms with van der Waals surface area (Å²) in [6, 6.07) is 2.97. The molecule has 0 radical (unpaired) electrons. The van der Waals surface area contributed by atoms with Gasteiger partial charge in [-0.05, 0) is 31.2 Å². The Morgan fingerprint density at radius 3 is 1.86 bits per heavy atom. The number of ether oxygens (including phenoxy) is 2. The summed E-state index contributed by atoms with van der Waals surface area (Å²) in [5.41, 5.74) is -4.33. The van der Waals surface area contributed by atoms with E-state index in [2.05, 4.69) is 5.32 Å². The number of benzene rings is 2. The average Bonchev–Trinajstić information content (AvgIpc) is 3.06. The van der Waals surface area contributed by atoms with Gasteiger partial charge in [-0.25, -0.2) is 0 Å². The fourth-order valence-electron chi connectivity index (χ4n) is 2.62. The molecule has 5 nitrogen and oxygen atoms in total. The minimum absolute atomic E-state index is 0.0504. The first-order valence-corrected chi connectivity index (χ1v) is 7.91. The van der Waals surface area contributed by atoms with Crippen LogP contribution in [0.1, 0.15) is 38.8 Å². The molecule has 1 aliphatic rings. The van der Waals surface area contributed by atoms with Crippen LogP contribution >= 0.6 is 0 Å². The Labute approximate surface area is 159 Å². The summed E-state index contributed by atoms with van der Waals surface area (Å²) in [7, 11) is 0. The van der Waals surface area contributed by atoms with Gasteiger partial charge in [-0.2, -0.15) is 26.3 Å². The number of Topliss-reactive ketones (excluding diaryl/α,β-unsaturated/α-hetero) is 1. The smallest absolute Gasteiger partial charge is 0.416 e. The zero-order chi connectivity index (χ0) is 21.6. The number of hydrogen-bond donors (Lipinski definition) is 1. The van der Waals surface area contributed by atoms with Crippen LogP contribution in [0.4, 0.5) is 32.0 Å². The van der Waals surface area contributed by atoms with Gasteiger partial charge >= 0.3 is 12.4 Å². The van der Waals surface area contributed by atoms with Crippen molar-refractivity contribution in [1.82, 2.24) is 0 Å². The molecule has 0 spiro atoms. The first-order chi connectivity index (χ1) is 13.4. The van der Waals surface area contributed by atoms with E-state index in [9.17, 15) is 35.9 Å². The second-order valence-corrected chi connectivity index (χ2v) is 6.06. The van der Waals surface area contributed by atoms with Crippen molar-refractivity contribution >= 4 is 17.4 Å². The van der Waals surface area contributed by atoms with Gasteiger partial charge in [0.1, 0.15) is 0 Å². The molecule has 1 aliphatic heterocycles. The van der Waals surface area contributed by atoms with Crippen LogP contribution in [0, 0.1) is 0 Å². The number of alkyl halides is 6. The summed E-state index contributed by atoms with van der Waals surface area (Å²) < 4.78 is 88.0. The van der Waals surface area contributed by atoms with E-state index < -0.39 is 40.7 Å². The molecule has 0 aromatic heterocycles. The van der Waals surface area contributed by atoms with E-state index in [4.69, 9.17) is 9.47 Å². The van der Waals surface area contributed by atoms with Crippen LogP contribution in [-0.2, 0) is 12.4 Å². The van der Waals surface area contributed by atoms with Crippen LogP contribution in [0.2, 0.25) is 0 Å². The van der Waals surface area contributed by atoms with Crippen LogP contribution in [-0.4, -0.2) is 18.5 Å². The van der Waals surface area contributed by atoms with Gasteiger partial charge in [0, 0.05) is 17.2 Å². The van der Waals surface area contributed by atoms with Crippen molar-refractivity contribution in [2.45, 2.75) is 19.3 Å². The van der Waals surface area contributed by atoms with Gasteiger partial charge in [0.25, 0.3) is 5.91 Å². The molecule has 11 heteroatoms. The third kappa shape index (κ3) is 4.28. The Morgan fingerprint density at radius 1 is 0.862 bits per heavy atom. The van der Waals surface area contributed by atoms with E-state index in [1.807, 2.05) is 0 Å². The van der Waals surface area contributed by atoms with Gasteiger partial charge in [0.15, 0.2) is 17.3 Å². The zero-order valence-corrected chi connectivity index (χ0v) is 14.5. The Bertz CT molecular complexity index is 965. The largest absolute Gasteiger partial charge is 0.454 e. The van der Waals surface area contributed by atoms with Gasteiger partial charge in [-0.3, -0.25) is 9.59 Å². The molecule has 0 atom stereocenters. The average molecular weight is 419 g/mol. The van der Waals surface area contributed by atoms with E-state index in [0.717, 1.165) is 0 Å². The number of anilines is 1. The molecule has 154 valence electrons. The van der Waals surface area contributed by atoms with Gasteiger partial charge in [-0.15, -0.1) is 0 Å². The summed E-state index contributed by atoms with van der Waals surface area (Å²) in [6.45, 7) is 1.02. The second-order valence-electron chi connectivity index (χ2n) is 6.06. The number of hydrogen-bond acceptors (Lipinski definition) is 4. The lowest BCUT2D eigenvalue weighted by Crippen LogP contribution is -2.18. The molecule has 2 aromatic rings. The topological polar surface area (TPSA) is 64.6 Å². The van der Waals surface area contributed by atoms with Gasteiger partial charge in [-0.1, -0.05) is 0 Å². The molecule has 29 heavy (non-hydrogen) atoms. The number of fused-ring (bicyclic) bond motifs is 1. The number of ketones is 1. The van der Waals surface area contributed by atoms with E-state index in [1.54, 1.807) is 0 Å². The molecule has 0 bridgehead atoms. The molecule has 0 fully saturated rings. The van der Waals surface area contributed by atoms with Gasteiger partial charge < -0.3 is 14.8 Å². The first kappa shape index (κ1) is 20.5. The lowest BCUT2D eigenvalue weighted by Gasteiger charge is -2.15. The highest BCUT2D eigenvalue weighted by atomic mass is 19.4. The standard InChI is InChI=1S/C18H11F6NO4/c1-8(26)12-5-14-15(29-7-28-14)6-13(12)25-16(27)9-2-10(17(19,20)21)4-11(3-9)18(22,23)24/h2-6H,7H2,1H3,(H,25,27). The summed E-state index contributed by atoms with van der Waals surface area (Å²) >= 11 is 0.